The Labute approximate surface area is 181 Å². The Morgan fingerprint density at radius 3 is 2.23 bits per heavy atom. The fourth-order valence-corrected chi connectivity index (χ4v) is 4.22. The van der Waals surface area contributed by atoms with Gasteiger partial charge >= 0.3 is 5.97 Å². The highest BCUT2D eigenvalue weighted by Gasteiger charge is 2.24. The summed E-state index contributed by atoms with van der Waals surface area (Å²) in [4.78, 5) is 21.5. The molecule has 1 aromatic heterocycles. The first-order chi connectivity index (χ1) is 14.7. The second-order valence-electron chi connectivity index (χ2n) is 8.64. The zero-order valence-electron chi connectivity index (χ0n) is 18.6. The van der Waals surface area contributed by atoms with E-state index in [1.807, 2.05) is 36.7 Å². The van der Waals surface area contributed by atoms with Crippen LogP contribution >= 0.6 is 0 Å². The highest BCUT2D eigenvalue weighted by Crippen LogP contribution is 2.30. The third kappa shape index (κ3) is 6.65. The van der Waals surface area contributed by atoms with Gasteiger partial charge in [-0.05, 0) is 62.1 Å². The molecule has 0 atom stereocenters. The summed E-state index contributed by atoms with van der Waals surface area (Å²) in [7, 11) is 0. The van der Waals surface area contributed by atoms with Crippen LogP contribution in [-0.4, -0.2) is 22.0 Å². The van der Waals surface area contributed by atoms with Gasteiger partial charge in [0.05, 0.1) is 5.56 Å². The molecule has 1 saturated carbocycles. The van der Waals surface area contributed by atoms with E-state index in [-0.39, 0.29) is 12.1 Å². The second kappa shape index (κ2) is 11.8. The lowest BCUT2D eigenvalue weighted by molar-refractivity contribution is 0.0161. The van der Waals surface area contributed by atoms with Gasteiger partial charge in [0.25, 0.3) is 0 Å². The van der Waals surface area contributed by atoms with Gasteiger partial charge < -0.3 is 4.74 Å². The topological polar surface area (TPSA) is 52.1 Å². The smallest absolute Gasteiger partial charge is 0.338 e. The monoisotopic (exact) mass is 408 g/mol. The lowest BCUT2D eigenvalue weighted by Crippen LogP contribution is -2.24. The zero-order chi connectivity index (χ0) is 21.2. The molecule has 1 aromatic carbocycles. The summed E-state index contributed by atoms with van der Waals surface area (Å²) < 4.78 is 5.77. The first-order valence-corrected chi connectivity index (χ1v) is 11.8. The van der Waals surface area contributed by atoms with E-state index in [1.165, 1.54) is 56.9 Å². The van der Waals surface area contributed by atoms with Gasteiger partial charge in [-0.2, -0.15) is 0 Å². The summed E-state index contributed by atoms with van der Waals surface area (Å²) in [5, 5.41) is 0. The Morgan fingerprint density at radius 1 is 0.933 bits per heavy atom. The van der Waals surface area contributed by atoms with Crippen molar-refractivity contribution in [2.24, 2.45) is 5.92 Å². The fourth-order valence-electron chi connectivity index (χ4n) is 4.22. The van der Waals surface area contributed by atoms with Crippen LogP contribution in [0.2, 0.25) is 0 Å². The van der Waals surface area contributed by atoms with E-state index in [2.05, 4.69) is 23.8 Å². The molecular weight excluding hydrogens is 372 g/mol. The van der Waals surface area contributed by atoms with E-state index >= 15 is 0 Å². The van der Waals surface area contributed by atoms with E-state index < -0.39 is 0 Å². The van der Waals surface area contributed by atoms with Gasteiger partial charge in [0, 0.05) is 18.0 Å². The Hall–Kier alpha value is -2.23. The maximum Gasteiger partial charge on any atom is 0.338 e. The number of benzene rings is 1. The molecule has 1 fully saturated rings. The number of hydrogen-bond acceptors (Lipinski definition) is 4. The van der Waals surface area contributed by atoms with Crippen molar-refractivity contribution in [1.29, 1.82) is 0 Å². The minimum Gasteiger partial charge on any atom is -0.459 e. The molecule has 1 aliphatic carbocycles. The Bertz CT molecular complexity index is 763. The lowest BCUT2D eigenvalue weighted by atomic mass is 9.84. The van der Waals surface area contributed by atoms with Crippen LogP contribution < -0.4 is 0 Å². The van der Waals surface area contributed by atoms with Crippen LogP contribution in [0.3, 0.4) is 0 Å². The SMILES string of the molecule is CCCCCc1cnc(-c2ccc(C(=O)O[C@H]3CC[C@H](CCCC)CC3)cc2)nc1. The van der Waals surface area contributed by atoms with Crippen LogP contribution in [-0.2, 0) is 11.2 Å². The zero-order valence-corrected chi connectivity index (χ0v) is 18.6. The molecule has 0 unspecified atom stereocenters. The Balaban J connectivity index is 1.50. The number of hydrogen-bond donors (Lipinski definition) is 0. The van der Waals surface area contributed by atoms with E-state index in [1.54, 1.807) is 0 Å². The van der Waals surface area contributed by atoms with Crippen LogP contribution in [0.15, 0.2) is 36.7 Å². The molecular formula is C26H36N2O2. The third-order valence-electron chi connectivity index (χ3n) is 6.19. The summed E-state index contributed by atoms with van der Waals surface area (Å²) in [6.45, 7) is 4.45. The normalized spacial score (nSPS) is 18.9. The number of unbranched alkanes of at least 4 members (excludes halogenated alkanes) is 3. The van der Waals surface area contributed by atoms with Gasteiger partial charge in [-0.3, -0.25) is 0 Å². The number of aromatic nitrogens is 2. The minimum absolute atomic E-state index is 0.0682. The van der Waals surface area contributed by atoms with E-state index in [0.717, 1.165) is 30.7 Å². The van der Waals surface area contributed by atoms with Gasteiger partial charge in [0.1, 0.15) is 6.10 Å². The lowest BCUT2D eigenvalue weighted by Gasteiger charge is -2.28. The highest BCUT2D eigenvalue weighted by atomic mass is 16.5. The molecule has 0 amide bonds. The van der Waals surface area contributed by atoms with Crippen molar-refractivity contribution in [2.75, 3.05) is 0 Å². The Kier molecular flexibility index (Phi) is 8.85. The highest BCUT2D eigenvalue weighted by molar-refractivity contribution is 5.90. The largest absolute Gasteiger partial charge is 0.459 e. The first-order valence-electron chi connectivity index (χ1n) is 11.8. The molecule has 162 valence electrons. The maximum absolute atomic E-state index is 12.5. The minimum atomic E-state index is -0.217. The van der Waals surface area contributed by atoms with Crippen molar-refractivity contribution < 1.29 is 9.53 Å². The van der Waals surface area contributed by atoms with E-state index in [4.69, 9.17) is 4.74 Å². The third-order valence-corrected chi connectivity index (χ3v) is 6.19. The van der Waals surface area contributed by atoms with Gasteiger partial charge in [0.15, 0.2) is 5.82 Å². The number of aryl methyl sites for hydroxylation is 1. The van der Waals surface area contributed by atoms with Crippen molar-refractivity contribution >= 4 is 5.97 Å². The van der Waals surface area contributed by atoms with Crippen LogP contribution in [0.5, 0.6) is 0 Å². The molecule has 0 spiro atoms. The molecule has 0 saturated heterocycles. The standard InChI is InChI=1S/C26H36N2O2/c1-3-5-7-9-21-18-27-25(28-19-21)22-12-14-23(15-13-22)26(29)30-24-16-10-20(11-17-24)8-6-4-2/h12-15,18-20,24H,3-11,16-17H2,1-2H3/t20-,24-. The van der Waals surface area contributed by atoms with Gasteiger partial charge in [-0.1, -0.05) is 58.1 Å². The number of nitrogens with zero attached hydrogens (tertiary/aromatic N) is 2. The van der Waals surface area contributed by atoms with Crippen LogP contribution in [0.4, 0.5) is 0 Å². The maximum atomic E-state index is 12.5. The molecule has 0 radical (unpaired) electrons. The van der Waals surface area contributed by atoms with Crippen molar-refractivity contribution in [3.8, 4) is 11.4 Å². The van der Waals surface area contributed by atoms with Gasteiger partial charge in [-0.25, -0.2) is 14.8 Å². The summed E-state index contributed by atoms with van der Waals surface area (Å²) in [5.41, 5.74) is 2.70. The molecule has 0 aliphatic heterocycles. The molecule has 4 heteroatoms. The predicted molar refractivity (Wildman–Crippen MR) is 121 cm³/mol. The van der Waals surface area contributed by atoms with Gasteiger partial charge in [0.2, 0.25) is 0 Å². The number of carbonyl (C=O) groups is 1. The summed E-state index contributed by atoms with van der Waals surface area (Å²) in [6, 6.07) is 7.46. The molecule has 3 rings (SSSR count). The van der Waals surface area contributed by atoms with Crippen LogP contribution in [0.1, 0.15) is 94.0 Å². The molecule has 0 bridgehead atoms. The molecule has 4 nitrogen and oxygen atoms in total. The molecule has 0 N–H and O–H groups in total. The summed E-state index contributed by atoms with van der Waals surface area (Å²) >= 11 is 0. The molecule has 1 heterocycles. The second-order valence-corrected chi connectivity index (χ2v) is 8.64. The number of ether oxygens (including phenoxy) is 1. The summed E-state index contributed by atoms with van der Waals surface area (Å²) in [6.07, 6.45) is 16.8. The molecule has 30 heavy (non-hydrogen) atoms. The average molecular weight is 409 g/mol. The number of rotatable bonds is 10. The van der Waals surface area contributed by atoms with Gasteiger partial charge in [-0.15, -0.1) is 0 Å². The predicted octanol–water partition coefficient (Wildman–Crippen LogP) is 6.78. The van der Waals surface area contributed by atoms with Crippen LogP contribution in [0, 0.1) is 5.92 Å². The summed E-state index contributed by atoms with van der Waals surface area (Å²) in [5.74, 6) is 1.29. The van der Waals surface area contributed by atoms with E-state index in [0.29, 0.717) is 11.4 Å². The van der Waals surface area contributed by atoms with Crippen molar-refractivity contribution in [3.63, 3.8) is 0 Å². The molecule has 1 aliphatic rings. The number of carbonyl (C=O) groups excluding carboxylic acids is 1. The quantitative estimate of drug-likeness (QED) is 0.321. The molecule has 2 aromatic rings. The Morgan fingerprint density at radius 2 is 1.60 bits per heavy atom. The van der Waals surface area contributed by atoms with Crippen molar-refractivity contribution in [1.82, 2.24) is 9.97 Å². The first kappa shape index (κ1) is 22.5. The van der Waals surface area contributed by atoms with Crippen LogP contribution in [0.25, 0.3) is 11.4 Å². The van der Waals surface area contributed by atoms with Crippen molar-refractivity contribution in [2.45, 2.75) is 90.6 Å². The number of esters is 1. The fraction of sp³-hybridized carbons (Fsp3) is 0.577. The van der Waals surface area contributed by atoms with Crippen molar-refractivity contribution in [3.05, 3.63) is 47.8 Å². The van der Waals surface area contributed by atoms with E-state index in [9.17, 15) is 4.79 Å². The average Bonchev–Trinajstić information content (AvgIpc) is 2.79.